The van der Waals surface area contributed by atoms with E-state index in [1.54, 1.807) is 36.7 Å². The number of nitrogens with one attached hydrogen (secondary N) is 1. The quantitative estimate of drug-likeness (QED) is 0.165. The van der Waals surface area contributed by atoms with Crippen LogP contribution in [0.25, 0.3) is 33.6 Å². The van der Waals surface area contributed by atoms with Gasteiger partial charge in [0, 0.05) is 58.5 Å². The van der Waals surface area contributed by atoms with Crippen LogP contribution in [0, 0.1) is 11.7 Å². The van der Waals surface area contributed by atoms with Crippen LogP contribution in [0.3, 0.4) is 0 Å². The molecular weight excluding hydrogens is 663 g/mol. The average Bonchev–Trinajstić information content (AvgIpc) is 3.56. The van der Waals surface area contributed by atoms with E-state index in [0.717, 1.165) is 21.6 Å². The molecule has 0 unspecified atom stereocenters. The minimum absolute atomic E-state index is 0.107. The molecule has 3 heterocycles. The predicted molar refractivity (Wildman–Crippen MR) is 189 cm³/mol. The van der Waals surface area contributed by atoms with Crippen molar-refractivity contribution in [2.24, 2.45) is 5.92 Å². The molecule has 11 heteroatoms. The summed E-state index contributed by atoms with van der Waals surface area (Å²) in [7, 11) is 0. The van der Waals surface area contributed by atoms with E-state index in [1.807, 2.05) is 48.5 Å². The smallest absolute Gasteiger partial charge is 0.310 e. The van der Waals surface area contributed by atoms with Gasteiger partial charge in [0.2, 0.25) is 5.91 Å². The Morgan fingerprint density at radius 2 is 1.61 bits per heavy atom. The summed E-state index contributed by atoms with van der Waals surface area (Å²) in [5, 5.41) is 12.8. The molecule has 250 valence electrons. The summed E-state index contributed by atoms with van der Waals surface area (Å²) >= 11 is 7.48. The van der Waals surface area contributed by atoms with Crippen LogP contribution in [0.15, 0.2) is 91.3 Å². The van der Waals surface area contributed by atoms with Gasteiger partial charge in [-0.3, -0.25) is 14.4 Å². The van der Waals surface area contributed by atoms with Crippen LogP contribution < -0.4 is 5.32 Å². The maximum absolute atomic E-state index is 15.1. The van der Waals surface area contributed by atoms with E-state index in [1.165, 1.54) is 22.3 Å². The van der Waals surface area contributed by atoms with Crippen LogP contribution in [0.1, 0.15) is 40.9 Å². The van der Waals surface area contributed by atoms with Gasteiger partial charge in [0.15, 0.2) is 5.82 Å². The molecule has 1 saturated heterocycles. The molecule has 0 radical (unpaired) electrons. The van der Waals surface area contributed by atoms with Crippen molar-refractivity contribution in [1.82, 2.24) is 20.2 Å². The fourth-order valence-corrected chi connectivity index (χ4v) is 6.72. The molecule has 1 atom stereocenters. The molecule has 6 rings (SSSR count). The molecule has 1 fully saturated rings. The van der Waals surface area contributed by atoms with Crippen molar-refractivity contribution in [3.8, 4) is 33.6 Å². The molecule has 0 aliphatic carbocycles. The number of hydrogen-bond donors (Lipinski definition) is 2. The first-order chi connectivity index (χ1) is 23.4. The number of carboxylic acids is 1. The van der Waals surface area contributed by atoms with Crippen molar-refractivity contribution in [3.63, 3.8) is 0 Å². The number of carbonyl (C=O) groups is 3. The maximum Gasteiger partial charge on any atom is 0.310 e. The van der Waals surface area contributed by atoms with Crippen molar-refractivity contribution < 1.29 is 23.9 Å². The van der Waals surface area contributed by atoms with E-state index in [9.17, 15) is 19.5 Å². The lowest BCUT2D eigenvalue weighted by Gasteiger charge is -2.38. The number of carbonyl (C=O) groups excluding carboxylic acids is 2. The lowest BCUT2D eigenvalue weighted by molar-refractivity contribution is -0.153. The predicted octanol–water partition coefficient (Wildman–Crippen LogP) is 7.51. The number of aliphatic carboxylic acids is 1. The SMILES string of the molecule is CC(C)(C)c1ccc(C(=O)N[C@@H](Cc2ccc(-c3ncc(-c4ccc(-c5cccc(Cl)c5)cc4F)cn3)cc2)C(=O)N2CC(C(=O)O)C2)s1. The third-order valence-electron chi connectivity index (χ3n) is 8.46. The second-order valence-electron chi connectivity index (χ2n) is 13.1. The van der Waals surface area contributed by atoms with Gasteiger partial charge in [0.25, 0.3) is 5.91 Å². The van der Waals surface area contributed by atoms with Crippen LogP contribution in [0.2, 0.25) is 5.02 Å². The highest BCUT2D eigenvalue weighted by molar-refractivity contribution is 7.14. The Hall–Kier alpha value is -4.93. The van der Waals surface area contributed by atoms with Gasteiger partial charge in [-0.15, -0.1) is 11.3 Å². The van der Waals surface area contributed by atoms with Crippen LogP contribution in [0.5, 0.6) is 0 Å². The third kappa shape index (κ3) is 7.71. The number of thiophene rings is 1. The Labute approximate surface area is 292 Å². The van der Waals surface area contributed by atoms with E-state index in [4.69, 9.17) is 11.6 Å². The minimum Gasteiger partial charge on any atom is -0.481 e. The lowest BCUT2D eigenvalue weighted by atomic mass is 9.95. The van der Waals surface area contributed by atoms with Gasteiger partial charge in [0.05, 0.1) is 10.8 Å². The number of carboxylic acid groups (broad SMARTS) is 1. The second-order valence-corrected chi connectivity index (χ2v) is 14.6. The molecule has 2 aromatic heterocycles. The minimum atomic E-state index is -0.944. The topological polar surface area (TPSA) is 112 Å². The fourth-order valence-electron chi connectivity index (χ4n) is 5.57. The molecule has 8 nitrogen and oxygen atoms in total. The van der Waals surface area contributed by atoms with E-state index in [-0.39, 0.29) is 36.7 Å². The number of nitrogens with zero attached hydrogens (tertiary/aromatic N) is 3. The van der Waals surface area contributed by atoms with Crippen molar-refractivity contribution in [1.29, 1.82) is 0 Å². The van der Waals surface area contributed by atoms with Gasteiger partial charge in [-0.05, 0) is 52.4 Å². The molecule has 3 aromatic carbocycles. The maximum atomic E-state index is 15.1. The highest BCUT2D eigenvalue weighted by Crippen LogP contribution is 2.31. The summed E-state index contributed by atoms with van der Waals surface area (Å²) in [4.78, 5) is 50.0. The van der Waals surface area contributed by atoms with E-state index >= 15 is 4.39 Å². The zero-order chi connectivity index (χ0) is 34.9. The number of benzene rings is 3. The average molecular weight is 697 g/mol. The first-order valence-corrected chi connectivity index (χ1v) is 16.9. The Bertz CT molecular complexity index is 2020. The number of hydrogen-bond acceptors (Lipinski definition) is 6. The number of rotatable bonds is 9. The van der Waals surface area contributed by atoms with E-state index < -0.39 is 23.7 Å². The van der Waals surface area contributed by atoms with Gasteiger partial charge in [0.1, 0.15) is 11.9 Å². The molecule has 0 bridgehead atoms. The summed E-state index contributed by atoms with van der Waals surface area (Å²) in [6.07, 6.45) is 3.36. The third-order valence-corrected chi connectivity index (χ3v) is 10.2. The Morgan fingerprint density at radius 1 is 0.939 bits per heavy atom. The summed E-state index contributed by atoms with van der Waals surface area (Å²) in [6, 6.07) is 22.3. The molecular formula is C38H34ClFN4O4S. The van der Waals surface area contributed by atoms with Crippen molar-refractivity contribution >= 4 is 40.7 Å². The lowest BCUT2D eigenvalue weighted by Crippen LogP contribution is -2.59. The van der Waals surface area contributed by atoms with Crippen LogP contribution in [-0.2, 0) is 21.4 Å². The molecule has 2 amide bonds. The zero-order valence-corrected chi connectivity index (χ0v) is 28.7. The standard InChI is InChI=1S/C38H34ClFN4O4S/c1-38(2,3)33-14-13-32(49-33)35(45)43-31(36(46)44-20-27(21-44)37(47)48)15-22-7-9-23(10-8-22)34-41-18-26(19-42-34)29-12-11-25(17-30(29)40)24-5-4-6-28(39)16-24/h4-14,16-19,27,31H,15,20-21H2,1-3H3,(H,43,45)(H,47,48)/t31-/m0/s1. The molecule has 0 spiro atoms. The highest BCUT2D eigenvalue weighted by atomic mass is 35.5. The zero-order valence-electron chi connectivity index (χ0n) is 27.1. The van der Waals surface area contributed by atoms with Crippen LogP contribution in [-0.4, -0.2) is 56.9 Å². The Morgan fingerprint density at radius 3 is 2.22 bits per heavy atom. The number of aromatic nitrogens is 2. The Balaban J connectivity index is 1.16. The van der Waals surface area contributed by atoms with Crippen molar-refractivity contribution in [2.75, 3.05) is 13.1 Å². The van der Waals surface area contributed by atoms with Crippen LogP contribution >= 0.6 is 22.9 Å². The van der Waals surface area contributed by atoms with Crippen LogP contribution in [0.4, 0.5) is 4.39 Å². The first kappa shape index (κ1) is 34.0. The Kier molecular flexibility index (Phi) is 9.63. The molecule has 2 N–H and O–H groups in total. The monoisotopic (exact) mass is 696 g/mol. The summed E-state index contributed by atoms with van der Waals surface area (Å²) in [5.74, 6) is -2.19. The first-order valence-electron chi connectivity index (χ1n) is 15.8. The number of halogens is 2. The van der Waals surface area contributed by atoms with Crippen molar-refractivity contribution in [3.05, 3.63) is 117 Å². The summed E-state index contributed by atoms with van der Waals surface area (Å²) < 4.78 is 15.1. The van der Waals surface area contributed by atoms with Gasteiger partial charge < -0.3 is 15.3 Å². The van der Waals surface area contributed by atoms with E-state index in [2.05, 4.69) is 36.1 Å². The van der Waals surface area contributed by atoms with Crippen molar-refractivity contribution in [2.45, 2.75) is 38.6 Å². The normalized spacial score (nSPS) is 13.9. The van der Waals surface area contributed by atoms with Gasteiger partial charge >= 0.3 is 5.97 Å². The summed E-state index contributed by atoms with van der Waals surface area (Å²) in [5.41, 5.74) is 3.82. The molecule has 1 aliphatic heterocycles. The van der Waals surface area contributed by atoms with Gasteiger partial charge in [-0.1, -0.05) is 80.9 Å². The molecule has 49 heavy (non-hydrogen) atoms. The molecule has 1 aliphatic rings. The second kappa shape index (κ2) is 13.9. The molecule has 0 saturated carbocycles. The highest BCUT2D eigenvalue weighted by Gasteiger charge is 2.39. The van der Waals surface area contributed by atoms with Gasteiger partial charge in [-0.2, -0.15) is 0 Å². The number of likely N-dealkylation sites (tertiary alicyclic amines) is 1. The van der Waals surface area contributed by atoms with Gasteiger partial charge in [-0.25, -0.2) is 14.4 Å². The largest absolute Gasteiger partial charge is 0.481 e. The van der Waals surface area contributed by atoms with E-state index in [0.29, 0.717) is 32.4 Å². The fraction of sp³-hybridized carbons (Fsp3) is 0.237. The summed E-state index contributed by atoms with van der Waals surface area (Å²) in [6.45, 7) is 6.42. The number of amides is 2. The molecule has 5 aromatic rings.